The Kier molecular flexibility index (Phi) is 3.30. The van der Waals surface area contributed by atoms with Crippen molar-refractivity contribution in [1.29, 1.82) is 0 Å². The summed E-state index contributed by atoms with van der Waals surface area (Å²) < 4.78 is 26.3. The maximum Gasteiger partial charge on any atom is 0.322 e. The summed E-state index contributed by atoms with van der Waals surface area (Å²) in [5, 5.41) is 9.38. The van der Waals surface area contributed by atoms with Crippen molar-refractivity contribution in [2.75, 3.05) is 0 Å². The van der Waals surface area contributed by atoms with Crippen molar-refractivity contribution in [3.05, 3.63) is 53.9 Å². The van der Waals surface area contributed by atoms with Gasteiger partial charge < -0.3 is 10.1 Å². The molecule has 2 aromatic rings. The highest BCUT2D eigenvalue weighted by atomic mass is 32.2. The van der Waals surface area contributed by atoms with E-state index in [9.17, 15) is 18.3 Å². The van der Waals surface area contributed by atoms with Crippen LogP contribution in [0.2, 0.25) is 0 Å². The normalized spacial score (nSPS) is 19.1. The Bertz CT molecular complexity index is 768. The summed E-state index contributed by atoms with van der Waals surface area (Å²) in [6.45, 7) is 0.0701. The molecule has 2 N–H and O–H groups in total. The number of carboxylic acids is 1. The molecule has 0 saturated heterocycles. The van der Waals surface area contributed by atoms with E-state index in [-0.39, 0.29) is 17.9 Å². The molecule has 0 aliphatic carbocycles. The number of carboxylic acid groups (broad SMARTS) is 1. The zero-order valence-electron chi connectivity index (χ0n) is 11.1. The first-order valence-electron chi connectivity index (χ1n) is 6.44. The lowest BCUT2D eigenvalue weighted by Crippen LogP contribution is -2.48. The molecule has 3 rings (SSSR count). The third kappa shape index (κ3) is 2.34. The van der Waals surface area contributed by atoms with E-state index >= 15 is 0 Å². The summed E-state index contributed by atoms with van der Waals surface area (Å²) in [7, 11) is -3.83. The van der Waals surface area contributed by atoms with E-state index in [1.54, 1.807) is 0 Å². The van der Waals surface area contributed by atoms with Gasteiger partial charge in [-0.25, -0.2) is 8.42 Å². The Morgan fingerprint density at radius 2 is 1.95 bits per heavy atom. The lowest BCUT2D eigenvalue weighted by Gasteiger charge is -2.33. The molecule has 0 radical (unpaired) electrons. The fourth-order valence-electron chi connectivity index (χ4n) is 2.57. The maximum absolute atomic E-state index is 12.6. The number of fused-ring (bicyclic) bond motifs is 1. The van der Waals surface area contributed by atoms with E-state index in [2.05, 4.69) is 4.98 Å². The van der Waals surface area contributed by atoms with Crippen LogP contribution in [-0.4, -0.2) is 34.8 Å². The molecule has 1 aliphatic rings. The van der Waals surface area contributed by atoms with E-state index in [1.165, 1.54) is 18.5 Å². The summed E-state index contributed by atoms with van der Waals surface area (Å²) in [6, 6.07) is 7.65. The highest BCUT2D eigenvalue weighted by molar-refractivity contribution is 7.89. The number of H-pyrrole nitrogens is 1. The van der Waals surface area contributed by atoms with Crippen molar-refractivity contribution < 1.29 is 18.3 Å². The number of rotatable bonds is 3. The van der Waals surface area contributed by atoms with Gasteiger partial charge in [-0.05, 0) is 17.2 Å². The molecular weight excluding hydrogens is 292 g/mol. The van der Waals surface area contributed by atoms with Crippen molar-refractivity contribution in [3.63, 3.8) is 0 Å². The number of hydrogen-bond donors (Lipinski definition) is 2. The number of sulfonamides is 1. The van der Waals surface area contributed by atoms with Gasteiger partial charge in [0.25, 0.3) is 0 Å². The molecule has 1 aromatic heterocycles. The van der Waals surface area contributed by atoms with E-state index in [0.717, 1.165) is 15.4 Å². The second-order valence-electron chi connectivity index (χ2n) is 4.92. The van der Waals surface area contributed by atoms with Gasteiger partial charge in [-0.2, -0.15) is 4.31 Å². The van der Waals surface area contributed by atoms with Crippen LogP contribution in [0, 0.1) is 0 Å². The highest BCUT2D eigenvalue weighted by Gasteiger charge is 2.39. The molecule has 0 spiro atoms. The van der Waals surface area contributed by atoms with Crippen LogP contribution in [0.5, 0.6) is 0 Å². The lowest BCUT2D eigenvalue weighted by molar-refractivity contribution is -0.141. The molecule has 1 aromatic carbocycles. The third-order valence-electron chi connectivity index (χ3n) is 3.67. The topological polar surface area (TPSA) is 90.5 Å². The van der Waals surface area contributed by atoms with Gasteiger partial charge in [0.05, 0.1) is 4.90 Å². The summed E-state index contributed by atoms with van der Waals surface area (Å²) in [6.07, 6.45) is 3.03. The minimum Gasteiger partial charge on any atom is -0.480 e. The van der Waals surface area contributed by atoms with Gasteiger partial charge in [0.1, 0.15) is 6.04 Å². The molecule has 2 heterocycles. The Morgan fingerprint density at radius 3 is 2.57 bits per heavy atom. The van der Waals surface area contributed by atoms with E-state index in [0.29, 0.717) is 0 Å². The van der Waals surface area contributed by atoms with Crippen LogP contribution >= 0.6 is 0 Å². The standard InChI is InChI=1S/C14H14N2O4S/c17-14(18)13-7-10-3-1-2-4-11(10)9-16(13)21(19,20)12-5-6-15-8-12/h1-6,8,13,15H,7,9H2,(H,17,18)/t13-/m0/s1. The average molecular weight is 306 g/mol. The number of nitrogens with one attached hydrogen (secondary N) is 1. The Labute approximate surface area is 122 Å². The van der Waals surface area contributed by atoms with Crippen molar-refractivity contribution in [2.45, 2.75) is 23.9 Å². The molecule has 7 heteroatoms. The molecule has 0 fully saturated rings. The highest BCUT2D eigenvalue weighted by Crippen LogP contribution is 2.28. The first-order valence-corrected chi connectivity index (χ1v) is 7.88. The van der Waals surface area contributed by atoms with Crippen molar-refractivity contribution in [3.8, 4) is 0 Å². The fourth-order valence-corrected chi connectivity index (χ4v) is 4.10. The van der Waals surface area contributed by atoms with E-state index in [4.69, 9.17) is 0 Å². The van der Waals surface area contributed by atoms with Gasteiger partial charge in [0, 0.05) is 25.4 Å². The van der Waals surface area contributed by atoms with Crippen molar-refractivity contribution >= 4 is 16.0 Å². The van der Waals surface area contributed by atoms with Gasteiger partial charge in [-0.3, -0.25) is 4.79 Å². The van der Waals surface area contributed by atoms with Crippen LogP contribution in [-0.2, 0) is 27.8 Å². The smallest absolute Gasteiger partial charge is 0.322 e. The lowest BCUT2D eigenvalue weighted by atomic mass is 9.96. The molecule has 0 saturated carbocycles. The Morgan fingerprint density at radius 1 is 1.24 bits per heavy atom. The number of hydrogen-bond acceptors (Lipinski definition) is 3. The molecule has 1 atom stereocenters. The van der Waals surface area contributed by atoms with E-state index in [1.807, 2.05) is 24.3 Å². The average Bonchev–Trinajstić information content (AvgIpc) is 3.00. The van der Waals surface area contributed by atoms with Crippen LogP contribution in [0.25, 0.3) is 0 Å². The van der Waals surface area contributed by atoms with Gasteiger partial charge in [0.2, 0.25) is 10.0 Å². The van der Waals surface area contributed by atoms with Crippen LogP contribution < -0.4 is 0 Å². The second-order valence-corrected chi connectivity index (χ2v) is 6.81. The molecule has 6 nitrogen and oxygen atoms in total. The molecule has 21 heavy (non-hydrogen) atoms. The van der Waals surface area contributed by atoms with Crippen molar-refractivity contribution in [1.82, 2.24) is 9.29 Å². The molecule has 0 amide bonds. The minimum atomic E-state index is -3.83. The SMILES string of the molecule is O=C(O)[C@@H]1Cc2ccccc2CN1S(=O)(=O)c1cc[nH]c1. The summed E-state index contributed by atoms with van der Waals surface area (Å²) in [4.78, 5) is 14.2. The Balaban J connectivity index is 2.06. The zero-order chi connectivity index (χ0) is 15.0. The van der Waals surface area contributed by atoms with Gasteiger partial charge in [-0.1, -0.05) is 24.3 Å². The van der Waals surface area contributed by atoms with E-state index < -0.39 is 22.0 Å². The van der Waals surface area contributed by atoms with Gasteiger partial charge in [-0.15, -0.1) is 0 Å². The number of aliphatic carboxylic acids is 1. The third-order valence-corrected chi connectivity index (χ3v) is 5.52. The monoisotopic (exact) mass is 306 g/mol. The van der Waals surface area contributed by atoms with Crippen LogP contribution in [0.3, 0.4) is 0 Å². The zero-order valence-corrected chi connectivity index (χ0v) is 11.9. The number of aromatic amines is 1. The molecular formula is C14H14N2O4S. The maximum atomic E-state index is 12.6. The number of nitrogens with zero attached hydrogens (tertiary/aromatic N) is 1. The predicted octanol–water partition coefficient (Wildman–Crippen LogP) is 1.21. The fraction of sp³-hybridized carbons (Fsp3) is 0.214. The van der Waals surface area contributed by atoms with Gasteiger partial charge in [0.15, 0.2) is 0 Å². The van der Waals surface area contributed by atoms with Crippen LogP contribution in [0.15, 0.2) is 47.6 Å². The first-order chi connectivity index (χ1) is 10.00. The minimum absolute atomic E-state index is 0.0701. The predicted molar refractivity (Wildman–Crippen MR) is 75.1 cm³/mol. The molecule has 0 unspecified atom stereocenters. The van der Waals surface area contributed by atoms with Crippen LogP contribution in [0.1, 0.15) is 11.1 Å². The quantitative estimate of drug-likeness (QED) is 0.892. The molecule has 110 valence electrons. The number of aromatic nitrogens is 1. The van der Waals surface area contributed by atoms with Crippen LogP contribution in [0.4, 0.5) is 0 Å². The number of benzene rings is 1. The summed E-state index contributed by atoms with van der Waals surface area (Å²) >= 11 is 0. The van der Waals surface area contributed by atoms with Gasteiger partial charge >= 0.3 is 5.97 Å². The molecule has 0 bridgehead atoms. The summed E-state index contributed by atoms with van der Waals surface area (Å²) in [5.74, 6) is -1.14. The molecule has 1 aliphatic heterocycles. The first kappa shape index (κ1) is 13.8. The van der Waals surface area contributed by atoms with Crippen molar-refractivity contribution in [2.24, 2.45) is 0 Å². The second kappa shape index (κ2) is 5.01. The number of carbonyl (C=O) groups is 1. The summed E-state index contributed by atoms with van der Waals surface area (Å²) in [5.41, 5.74) is 1.72. The Hall–Kier alpha value is -2.12. The largest absolute Gasteiger partial charge is 0.480 e.